The van der Waals surface area contributed by atoms with Gasteiger partial charge in [-0.3, -0.25) is 0 Å². The standard InChI is InChI=1S/C11H18N2O2S2/c1-8-6-10(4-5-11(8)12)17(14,15)13-9(2)7-16-3/h4-6,9,13H,7,12H2,1-3H3. The van der Waals surface area contributed by atoms with Crippen molar-refractivity contribution in [1.82, 2.24) is 4.72 Å². The topological polar surface area (TPSA) is 72.2 Å². The molecule has 0 aliphatic carbocycles. The van der Waals surface area contributed by atoms with Crippen molar-refractivity contribution in [2.75, 3.05) is 17.7 Å². The molecule has 3 N–H and O–H groups in total. The Balaban J connectivity index is 2.93. The number of nitrogens with two attached hydrogens (primary N) is 1. The summed E-state index contributed by atoms with van der Waals surface area (Å²) in [5.74, 6) is 0.743. The summed E-state index contributed by atoms with van der Waals surface area (Å²) in [5.41, 5.74) is 7.03. The second kappa shape index (κ2) is 5.75. The van der Waals surface area contributed by atoms with Crippen LogP contribution in [0.15, 0.2) is 23.1 Å². The lowest BCUT2D eigenvalue weighted by molar-refractivity contribution is 0.571. The summed E-state index contributed by atoms with van der Waals surface area (Å²) in [6.07, 6.45) is 1.94. The van der Waals surface area contributed by atoms with Crippen molar-refractivity contribution in [3.63, 3.8) is 0 Å². The molecule has 0 aromatic heterocycles. The Morgan fingerprint density at radius 3 is 2.65 bits per heavy atom. The van der Waals surface area contributed by atoms with Crippen LogP contribution in [0.5, 0.6) is 0 Å². The molecule has 0 fully saturated rings. The first-order chi connectivity index (χ1) is 7.86. The van der Waals surface area contributed by atoms with E-state index in [2.05, 4.69) is 4.72 Å². The molecule has 0 saturated heterocycles. The van der Waals surface area contributed by atoms with E-state index in [0.29, 0.717) is 5.69 Å². The first kappa shape index (κ1) is 14.3. The lowest BCUT2D eigenvalue weighted by Gasteiger charge is -2.13. The molecule has 6 heteroatoms. The molecule has 0 spiro atoms. The molecule has 0 aliphatic heterocycles. The highest BCUT2D eigenvalue weighted by Gasteiger charge is 2.17. The Hall–Kier alpha value is -0.720. The number of hydrogen-bond acceptors (Lipinski definition) is 4. The van der Waals surface area contributed by atoms with Crippen LogP contribution in [-0.4, -0.2) is 26.5 Å². The van der Waals surface area contributed by atoms with Crippen molar-refractivity contribution in [1.29, 1.82) is 0 Å². The normalized spacial score (nSPS) is 13.6. The highest BCUT2D eigenvalue weighted by molar-refractivity contribution is 7.98. The molecule has 0 heterocycles. The first-order valence-corrected chi connectivity index (χ1v) is 8.12. The van der Waals surface area contributed by atoms with E-state index in [0.717, 1.165) is 11.3 Å². The van der Waals surface area contributed by atoms with Gasteiger partial charge in [-0.25, -0.2) is 13.1 Å². The predicted octanol–water partition coefficient (Wildman–Crippen LogP) is 1.61. The Labute approximate surface area is 107 Å². The van der Waals surface area contributed by atoms with E-state index in [9.17, 15) is 8.42 Å². The third-order valence-corrected chi connectivity index (χ3v) is 4.75. The maximum absolute atomic E-state index is 12.0. The molecule has 0 radical (unpaired) electrons. The smallest absolute Gasteiger partial charge is 0.240 e. The average Bonchev–Trinajstić information content (AvgIpc) is 2.21. The van der Waals surface area contributed by atoms with Gasteiger partial charge < -0.3 is 5.73 Å². The average molecular weight is 274 g/mol. The molecule has 0 aliphatic rings. The van der Waals surface area contributed by atoms with Gasteiger partial charge in [0, 0.05) is 17.5 Å². The fourth-order valence-electron chi connectivity index (χ4n) is 1.43. The Morgan fingerprint density at radius 2 is 2.12 bits per heavy atom. The van der Waals surface area contributed by atoms with Gasteiger partial charge in [0.05, 0.1) is 4.90 Å². The van der Waals surface area contributed by atoms with Crippen LogP contribution < -0.4 is 10.5 Å². The molecule has 1 rings (SSSR count). The molecule has 4 nitrogen and oxygen atoms in total. The van der Waals surface area contributed by atoms with Gasteiger partial charge in [0.1, 0.15) is 0 Å². The zero-order chi connectivity index (χ0) is 13.1. The van der Waals surface area contributed by atoms with E-state index >= 15 is 0 Å². The van der Waals surface area contributed by atoms with Crippen LogP contribution in [0.4, 0.5) is 5.69 Å². The summed E-state index contributed by atoms with van der Waals surface area (Å²) in [6.45, 7) is 3.64. The zero-order valence-corrected chi connectivity index (χ0v) is 11.9. The number of benzene rings is 1. The molecule has 0 bridgehead atoms. The molecule has 1 atom stereocenters. The van der Waals surface area contributed by atoms with Crippen molar-refractivity contribution in [2.45, 2.75) is 24.8 Å². The van der Waals surface area contributed by atoms with Crippen molar-refractivity contribution >= 4 is 27.5 Å². The van der Waals surface area contributed by atoms with Crippen LogP contribution in [0.2, 0.25) is 0 Å². The van der Waals surface area contributed by atoms with Gasteiger partial charge >= 0.3 is 0 Å². The number of aryl methyl sites for hydroxylation is 1. The fourth-order valence-corrected chi connectivity index (χ4v) is 3.45. The summed E-state index contributed by atoms with van der Waals surface area (Å²) in [7, 11) is -3.44. The highest BCUT2D eigenvalue weighted by Crippen LogP contribution is 2.17. The van der Waals surface area contributed by atoms with E-state index in [4.69, 9.17) is 5.73 Å². The van der Waals surface area contributed by atoms with E-state index in [-0.39, 0.29) is 10.9 Å². The van der Waals surface area contributed by atoms with Crippen LogP contribution in [0.25, 0.3) is 0 Å². The first-order valence-electron chi connectivity index (χ1n) is 5.24. The minimum atomic E-state index is -3.44. The minimum Gasteiger partial charge on any atom is -0.399 e. The molecule has 96 valence electrons. The minimum absolute atomic E-state index is 0.0899. The van der Waals surface area contributed by atoms with Gasteiger partial charge in [0.2, 0.25) is 10.0 Å². The van der Waals surface area contributed by atoms with Gasteiger partial charge in [-0.15, -0.1) is 0 Å². The van der Waals surface area contributed by atoms with Gasteiger partial charge in [0.15, 0.2) is 0 Å². The van der Waals surface area contributed by atoms with Crippen molar-refractivity contribution < 1.29 is 8.42 Å². The quantitative estimate of drug-likeness (QED) is 0.800. The third kappa shape index (κ3) is 3.90. The summed E-state index contributed by atoms with van der Waals surface area (Å²) in [5, 5.41) is 0. The van der Waals surface area contributed by atoms with Gasteiger partial charge in [-0.1, -0.05) is 0 Å². The Bertz CT molecular complexity index is 486. The van der Waals surface area contributed by atoms with E-state index in [1.54, 1.807) is 30.8 Å². The number of nitrogens with one attached hydrogen (secondary N) is 1. The van der Waals surface area contributed by atoms with Crippen LogP contribution in [0.3, 0.4) is 0 Å². The number of sulfonamides is 1. The molecule has 1 unspecified atom stereocenters. The van der Waals surface area contributed by atoms with E-state index < -0.39 is 10.0 Å². The molecule has 0 amide bonds. The van der Waals surface area contributed by atoms with Gasteiger partial charge in [0.25, 0.3) is 0 Å². The van der Waals surface area contributed by atoms with Gasteiger partial charge in [-0.2, -0.15) is 11.8 Å². The van der Waals surface area contributed by atoms with Crippen molar-refractivity contribution in [3.8, 4) is 0 Å². The molecule has 1 aromatic rings. The second-order valence-corrected chi connectivity index (χ2v) is 6.62. The second-order valence-electron chi connectivity index (χ2n) is 4.00. The number of anilines is 1. The number of rotatable bonds is 5. The largest absolute Gasteiger partial charge is 0.399 e. The lowest BCUT2D eigenvalue weighted by Crippen LogP contribution is -2.34. The predicted molar refractivity (Wildman–Crippen MR) is 73.8 cm³/mol. The van der Waals surface area contributed by atoms with E-state index in [1.807, 2.05) is 13.2 Å². The number of hydrogen-bond donors (Lipinski definition) is 2. The lowest BCUT2D eigenvalue weighted by atomic mass is 10.2. The van der Waals surface area contributed by atoms with E-state index in [1.165, 1.54) is 6.07 Å². The van der Waals surface area contributed by atoms with Gasteiger partial charge in [-0.05, 0) is 43.9 Å². The SMILES string of the molecule is CSCC(C)NS(=O)(=O)c1ccc(N)c(C)c1. The molecule has 17 heavy (non-hydrogen) atoms. The summed E-state index contributed by atoms with van der Waals surface area (Å²) in [4.78, 5) is 0.261. The van der Waals surface area contributed by atoms with Crippen LogP contribution >= 0.6 is 11.8 Å². The summed E-state index contributed by atoms with van der Waals surface area (Å²) >= 11 is 1.60. The molecule has 1 aromatic carbocycles. The van der Waals surface area contributed by atoms with Crippen molar-refractivity contribution in [3.05, 3.63) is 23.8 Å². The summed E-state index contributed by atoms with van der Waals surface area (Å²) in [6, 6.07) is 4.64. The fraction of sp³-hybridized carbons (Fsp3) is 0.455. The molecule has 0 saturated carbocycles. The number of thioether (sulfide) groups is 1. The maximum atomic E-state index is 12.0. The van der Waals surface area contributed by atoms with Crippen LogP contribution in [0.1, 0.15) is 12.5 Å². The maximum Gasteiger partial charge on any atom is 0.240 e. The Kier molecular flexibility index (Phi) is 4.85. The molecular formula is C11H18N2O2S2. The zero-order valence-electron chi connectivity index (χ0n) is 10.2. The number of nitrogen functional groups attached to an aromatic ring is 1. The van der Waals surface area contributed by atoms with Crippen molar-refractivity contribution in [2.24, 2.45) is 0 Å². The van der Waals surface area contributed by atoms with Crippen LogP contribution in [-0.2, 0) is 10.0 Å². The Morgan fingerprint density at radius 1 is 1.47 bits per heavy atom. The third-order valence-electron chi connectivity index (χ3n) is 2.32. The summed E-state index contributed by atoms with van der Waals surface area (Å²) < 4.78 is 26.7. The molecular weight excluding hydrogens is 256 g/mol. The monoisotopic (exact) mass is 274 g/mol. The highest BCUT2D eigenvalue weighted by atomic mass is 32.2. The van der Waals surface area contributed by atoms with Crippen LogP contribution in [0, 0.1) is 6.92 Å².